The van der Waals surface area contributed by atoms with E-state index in [1.807, 2.05) is 31.6 Å². The number of ether oxygens (including phenoxy) is 1. The zero-order valence-electron chi connectivity index (χ0n) is 12.1. The Kier molecular flexibility index (Phi) is 5.49. The molecule has 2 rings (SSSR count). The molecule has 7 heteroatoms. The van der Waals surface area contributed by atoms with Crippen LogP contribution in [0.3, 0.4) is 0 Å². The number of thiazole rings is 1. The Morgan fingerprint density at radius 3 is 3.00 bits per heavy atom. The van der Waals surface area contributed by atoms with Gasteiger partial charge in [0.05, 0.1) is 30.5 Å². The number of aliphatic hydroxyl groups excluding tert-OH is 1. The molecule has 114 valence electrons. The summed E-state index contributed by atoms with van der Waals surface area (Å²) in [7, 11) is 1.83. The predicted molar refractivity (Wildman–Crippen MR) is 81.5 cm³/mol. The molecule has 0 aliphatic heterocycles. The van der Waals surface area contributed by atoms with E-state index in [1.54, 1.807) is 15.9 Å². The first-order chi connectivity index (χ1) is 10.1. The van der Waals surface area contributed by atoms with Crippen LogP contribution in [0.15, 0.2) is 17.6 Å². The van der Waals surface area contributed by atoms with E-state index in [1.165, 1.54) is 0 Å². The van der Waals surface area contributed by atoms with Gasteiger partial charge in [-0.1, -0.05) is 0 Å². The number of hydrogen-bond donors (Lipinski definition) is 2. The summed E-state index contributed by atoms with van der Waals surface area (Å²) in [6.45, 7) is 3.02. The van der Waals surface area contributed by atoms with Crippen LogP contribution < -0.4 is 5.32 Å². The van der Waals surface area contributed by atoms with Gasteiger partial charge in [0.2, 0.25) is 0 Å². The molecular formula is C14H19N3O3S. The molecule has 0 saturated heterocycles. The van der Waals surface area contributed by atoms with Crippen LogP contribution in [0.25, 0.3) is 11.3 Å². The molecule has 2 aromatic rings. The van der Waals surface area contributed by atoms with Gasteiger partial charge in [-0.15, -0.1) is 11.3 Å². The van der Waals surface area contributed by atoms with Crippen LogP contribution in [0.4, 0.5) is 0 Å². The smallest absolute Gasteiger partial charge is 0.267 e. The third kappa shape index (κ3) is 4.13. The zero-order valence-corrected chi connectivity index (χ0v) is 12.9. The number of carbonyl (C=O) groups excluding carboxylic acids is 1. The van der Waals surface area contributed by atoms with E-state index in [9.17, 15) is 4.79 Å². The fraction of sp³-hybridized carbons (Fsp3) is 0.429. The van der Waals surface area contributed by atoms with Gasteiger partial charge < -0.3 is 19.7 Å². The minimum atomic E-state index is -0.150. The highest BCUT2D eigenvalue weighted by atomic mass is 32.1. The summed E-state index contributed by atoms with van der Waals surface area (Å²) in [6.07, 6.45) is 1.89. The molecular weight excluding hydrogens is 290 g/mol. The van der Waals surface area contributed by atoms with Gasteiger partial charge in [-0.05, 0) is 13.0 Å². The van der Waals surface area contributed by atoms with Gasteiger partial charge in [0, 0.05) is 30.7 Å². The number of aryl methyl sites for hydroxylation is 2. The fourth-order valence-electron chi connectivity index (χ4n) is 1.92. The van der Waals surface area contributed by atoms with Crippen LogP contribution in [-0.4, -0.2) is 46.9 Å². The van der Waals surface area contributed by atoms with Gasteiger partial charge in [0.1, 0.15) is 5.69 Å². The maximum atomic E-state index is 12.1. The lowest BCUT2D eigenvalue weighted by atomic mass is 10.2. The second-order valence-electron chi connectivity index (χ2n) is 4.57. The zero-order chi connectivity index (χ0) is 15.2. The topological polar surface area (TPSA) is 76.4 Å². The molecule has 0 atom stereocenters. The summed E-state index contributed by atoms with van der Waals surface area (Å²) in [5.74, 6) is -0.150. The van der Waals surface area contributed by atoms with Gasteiger partial charge in [-0.3, -0.25) is 4.79 Å². The Balaban J connectivity index is 1.97. The fourth-order valence-corrected chi connectivity index (χ4v) is 2.54. The summed E-state index contributed by atoms with van der Waals surface area (Å²) in [5.41, 5.74) is 2.40. The second-order valence-corrected chi connectivity index (χ2v) is 5.63. The lowest BCUT2D eigenvalue weighted by molar-refractivity contribution is 0.0833. The standard InChI is InChI=1S/C14H19N3O3S/c1-10-16-12(9-21-10)11-7-13(17(2)8-11)14(19)15-3-5-20-6-4-18/h7-9,18H,3-6H2,1-2H3,(H,15,19). The first-order valence-corrected chi connectivity index (χ1v) is 7.55. The Morgan fingerprint density at radius 1 is 1.52 bits per heavy atom. The van der Waals surface area contributed by atoms with Crippen LogP contribution in [-0.2, 0) is 11.8 Å². The molecule has 0 aromatic carbocycles. The number of nitrogens with zero attached hydrogens (tertiary/aromatic N) is 2. The highest BCUT2D eigenvalue weighted by Gasteiger charge is 2.13. The van der Waals surface area contributed by atoms with Gasteiger partial charge in [0.25, 0.3) is 5.91 Å². The Labute approximate surface area is 127 Å². The average molecular weight is 309 g/mol. The number of aliphatic hydroxyl groups is 1. The first kappa shape index (κ1) is 15.7. The van der Waals surface area contributed by atoms with Crippen LogP contribution in [0.5, 0.6) is 0 Å². The average Bonchev–Trinajstić information content (AvgIpc) is 3.04. The van der Waals surface area contributed by atoms with Crippen LogP contribution in [0, 0.1) is 6.92 Å². The third-order valence-electron chi connectivity index (χ3n) is 2.92. The van der Waals surface area contributed by atoms with E-state index in [0.29, 0.717) is 18.8 Å². The van der Waals surface area contributed by atoms with Crippen molar-refractivity contribution in [3.63, 3.8) is 0 Å². The summed E-state index contributed by atoms with van der Waals surface area (Å²) < 4.78 is 6.88. The number of hydrogen-bond acceptors (Lipinski definition) is 5. The molecule has 0 spiro atoms. The molecule has 0 bridgehead atoms. The molecule has 0 unspecified atom stereocenters. The molecule has 0 aliphatic carbocycles. The van der Waals surface area contributed by atoms with E-state index in [4.69, 9.17) is 9.84 Å². The Morgan fingerprint density at radius 2 is 2.33 bits per heavy atom. The maximum absolute atomic E-state index is 12.1. The van der Waals surface area contributed by atoms with Crippen LogP contribution >= 0.6 is 11.3 Å². The minimum Gasteiger partial charge on any atom is -0.394 e. The van der Waals surface area contributed by atoms with Crippen LogP contribution in [0.1, 0.15) is 15.5 Å². The highest BCUT2D eigenvalue weighted by molar-refractivity contribution is 7.09. The van der Waals surface area contributed by atoms with Crippen molar-refractivity contribution < 1.29 is 14.6 Å². The van der Waals surface area contributed by atoms with Crippen molar-refractivity contribution >= 4 is 17.2 Å². The van der Waals surface area contributed by atoms with Crippen molar-refractivity contribution in [2.45, 2.75) is 6.92 Å². The molecule has 21 heavy (non-hydrogen) atoms. The van der Waals surface area contributed by atoms with E-state index in [-0.39, 0.29) is 19.1 Å². The van der Waals surface area contributed by atoms with E-state index >= 15 is 0 Å². The minimum absolute atomic E-state index is 0.0117. The van der Waals surface area contributed by atoms with Gasteiger partial charge in [0.15, 0.2) is 0 Å². The van der Waals surface area contributed by atoms with E-state index in [0.717, 1.165) is 16.3 Å². The molecule has 0 saturated carbocycles. The van der Waals surface area contributed by atoms with Crippen molar-refractivity contribution in [1.82, 2.24) is 14.9 Å². The van der Waals surface area contributed by atoms with E-state index in [2.05, 4.69) is 10.3 Å². The predicted octanol–water partition coefficient (Wildman–Crippen LogP) is 1.20. The largest absolute Gasteiger partial charge is 0.394 e. The number of rotatable bonds is 7. The molecule has 2 N–H and O–H groups in total. The summed E-state index contributed by atoms with van der Waals surface area (Å²) in [6, 6.07) is 1.83. The van der Waals surface area contributed by atoms with Crippen LogP contribution in [0.2, 0.25) is 0 Å². The number of nitrogens with one attached hydrogen (secondary N) is 1. The molecule has 2 heterocycles. The SMILES string of the molecule is Cc1nc(-c2cc(C(=O)NCCOCCO)n(C)c2)cs1. The molecule has 1 amide bonds. The van der Waals surface area contributed by atoms with Gasteiger partial charge >= 0.3 is 0 Å². The van der Waals surface area contributed by atoms with Crippen molar-refractivity contribution in [3.05, 3.63) is 28.3 Å². The molecule has 0 radical (unpaired) electrons. The molecule has 2 aromatic heterocycles. The normalized spacial score (nSPS) is 10.8. The van der Waals surface area contributed by atoms with Crippen molar-refractivity contribution in [3.8, 4) is 11.3 Å². The number of amides is 1. The Bertz CT molecular complexity index is 606. The lowest BCUT2D eigenvalue weighted by Crippen LogP contribution is -2.28. The molecule has 0 fully saturated rings. The monoisotopic (exact) mass is 309 g/mol. The first-order valence-electron chi connectivity index (χ1n) is 6.67. The summed E-state index contributed by atoms with van der Waals surface area (Å²) in [5, 5.41) is 14.3. The highest BCUT2D eigenvalue weighted by Crippen LogP contribution is 2.23. The van der Waals surface area contributed by atoms with Gasteiger partial charge in [-0.2, -0.15) is 0 Å². The van der Waals surface area contributed by atoms with E-state index < -0.39 is 0 Å². The second kappa shape index (κ2) is 7.35. The third-order valence-corrected chi connectivity index (χ3v) is 3.69. The van der Waals surface area contributed by atoms with Crippen molar-refractivity contribution in [2.24, 2.45) is 7.05 Å². The summed E-state index contributed by atoms with van der Waals surface area (Å²) in [4.78, 5) is 16.5. The quantitative estimate of drug-likeness (QED) is 0.753. The number of carbonyl (C=O) groups is 1. The lowest BCUT2D eigenvalue weighted by Gasteiger charge is -2.06. The molecule has 6 nitrogen and oxygen atoms in total. The van der Waals surface area contributed by atoms with Crippen molar-refractivity contribution in [2.75, 3.05) is 26.4 Å². The number of aromatic nitrogens is 2. The maximum Gasteiger partial charge on any atom is 0.267 e. The summed E-state index contributed by atoms with van der Waals surface area (Å²) >= 11 is 1.59. The Hall–Kier alpha value is -1.70. The van der Waals surface area contributed by atoms with Gasteiger partial charge in [-0.25, -0.2) is 4.98 Å². The van der Waals surface area contributed by atoms with Crippen molar-refractivity contribution in [1.29, 1.82) is 0 Å². The molecule has 0 aliphatic rings.